The summed E-state index contributed by atoms with van der Waals surface area (Å²) in [7, 11) is 0. The third-order valence-corrected chi connectivity index (χ3v) is 5.49. The third kappa shape index (κ3) is 2.91. The van der Waals surface area contributed by atoms with Crippen molar-refractivity contribution in [1.82, 2.24) is 4.90 Å². The molecule has 3 N–H and O–H groups in total. The molecule has 6 nitrogen and oxygen atoms in total. The minimum Gasteiger partial charge on any atom is -0.504 e. The van der Waals surface area contributed by atoms with Gasteiger partial charge in [0.15, 0.2) is 11.5 Å². The van der Waals surface area contributed by atoms with Crippen molar-refractivity contribution in [3.63, 3.8) is 0 Å². The highest BCUT2D eigenvalue weighted by atomic mass is 16.5. The number of aromatic hydroxyl groups is 1. The van der Waals surface area contributed by atoms with Gasteiger partial charge in [-0.25, -0.2) is 0 Å². The zero-order valence-electron chi connectivity index (χ0n) is 15.2. The van der Waals surface area contributed by atoms with Gasteiger partial charge >= 0.3 is 0 Å². The van der Waals surface area contributed by atoms with Crippen LogP contribution in [0.1, 0.15) is 24.0 Å². The Kier molecular flexibility index (Phi) is 4.06. The maximum atomic E-state index is 12.9. The topological polar surface area (TPSA) is 92.9 Å². The average molecular weight is 366 g/mol. The maximum Gasteiger partial charge on any atom is 0.238 e. The number of carbonyl (C=O) groups is 2. The van der Waals surface area contributed by atoms with Crippen molar-refractivity contribution in [2.45, 2.75) is 26.3 Å². The molecule has 0 saturated heterocycles. The summed E-state index contributed by atoms with van der Waals surface area (Å²) >= 11 is 0. The zero-order valence-corrected chi connectivity index (χ0v) is 15.2. The fourth-order valence-corrected chi connectivity index (χ4v) is 3.72. The van der Waals surface area contributed by atoms with E-state index in [0.29, 0.717) is 25.1 Å². The maximum absolute atomic E-state index is 12.9. The first kappa shape index (κ1) is 17.4. The summed E-state index contributed by atoms with van der Waals surface area (Å²) in [5.74, 6) is -0.357. The number of hydrogen-bond acceptors (Lipinski definition) is 4. The van der Waals surface area contributed by atoms with Crippen molar-refractivity contribution < 1.29 is 19.4 Å². The average Bonchev–Trinajstić information content (AvgIpc) is 3.45. The number of carbonyl (C=O) groups excluding carboxylic acids is 2. The Labute approximate surface area is 157 Å². The van der Waals surface area contributed by atoms with Gasteiger partial charge in [-0.3, -0.25) is 9.59 Å². The minimum atomic E-state index is -1.06. The molecule has 2 aromatic carbocycles. The highest BCUT2D eigenvalue weighted by Gasteiger charge is 2.57. The second kappa shape index (κ2) is 6.30. The van der Waals surface area contributed by atoms with Crippen LogP contribution in [-0.4, -0.2) is 35.0 Å². The molecule has 0 spiro atoms. The summed E-state index contributed by atoms with van der Waals surface area (Å²) < 4.78 is 5.71. The van der Waals surface area contributed by atoms with E-state index < -0.39 is 11.3 Å². The first-order chi connectivity index (χ1) is 12.9. The van der Waals surface area contributed by atoms with E-state index in [1.165, 1.54) is 0 Å². The molecule has 2 aromatic rings. The lowest BCUT2D eigenvalue weighted by atomic mass is 9.97. The molecule has 140 valence electrons. The molecule has 0 bridgehead atoms. The number of phenols is 1. The number of phenolic OH excluding ortho intramolecular Hbond substituents is 1. The van der Waals surface area contributed by atoms with E-state index in [0.717, 1.165) is 22.3 Å². The Hall–Kier alpha value is -3.02. The van der Waals surface area contributed by atoms with Crippen LogP contribution in [0.2, 0.25) is 0 Å². The van der Waals surface area contributed by atoms with E-state index in [9.17, 15) is 14.7 Å². The van der Waals surface area contributed by atoms with Crippen LogP contribution in [0.5, 0.6) is 11.5 Å². The molecule has 0 radical (unpaired) electrons. The van der Waals surface area contributed by atoms with E-state index in [1.807, 2.05) is 37.3 Å². The van der Waals surface area contributed by atoms with Gasteiger partial charge in [0, 0.05) is 12.1 Å². The Morgan fingerprint density at radius 2 is 1.96 bits per heavy atom. The molecule has 27 heavy (non-hydrogen) atoms. The second-order valence-electron chi connectivity index (χ2n) is 7.32. The number of fused-ring (bicyclic) bond motifs is 1. The largest absolute Gasteiger partial charge is 0.504 e. The molecular weight excluding hydrogens is 344 g/mol. The zero-order chi connectivity index (χ0) is 19.2. The van der Waals surface area contributed by atoms with E-state index in [2.05, 4.69) is 0 Å². The molecule has 1 heterocycles. The number of primary amides is 1. The van der Waals surface area contributed by atoms with Gasteiger partial charge in [0.2, 0.25) is 11.8 Å². The molecule has 1 aliphatic heterocycles. The number of benzene rings is 2. The Bertz CT molecular complexity index is 934. The Morgan fingerprint density at radius 1 is 1.22 bits per heavy atom. The Morgan fingerprint density at radius 3 is 2.63 bits per heavy atom. The fraction of sp³-hybridized carbons (Fsp3) is 0.333. The fourth-order valence-electron chi connectivity index (χ4n) is 3.72. The molecule has 2 aliphatic rings. The predicted molar refractivity (Wildman–Crippen MR) is 100 cm³/mol. The van der Waals surface area contributed by atoms with E-state index >= 15 is 0 Å². The molecule has 0 aromatic heterocycles. The lowest BCUT2D eigenvalue weighted by Crippen LogP contribution is -2.43. The second-order valence-corrected chi connectivity index (χ2v) is 7.32. The quantitative estimate of drug-likeness (QED) is 0.816. The number of nitrogens with zero attached hydrogens (tertiary/aromatic N) is 1. The number of rotatable bonds is 3. The summed E-state index contributed by atoms with van der Waals surface area (Å²) in [4.78, 5) is 26.2. The number of nitrogens with two attached hydrogens (primary N) is 1. The smallest absolute Gasteiger partial charge is 0.238 e. The van der Waals surface area contributed by atoms with Crippen LogP contribution in [0.3, 0.4) is 0 Å². The SMILES string of the molecule is Cc1ccccc1-c1cc(O)c2c(c1)CN(C(=O)C1(C(N)=O)CC1)CCO2. The van der Waals surface area contributed by atoms with Crippen LogP contribution < -0.4 is 10.5 Å². The van der Waals surface area contributed by atoms with Gasteiger partial charge in [0.05, 0.1) is 6.54 Å². The van der Waals surface area contributed by atoms with Crippen molar-refractivity contribution in [3.8, 4) is 22.6 Å². The van der Waals surface area contributed by atoms with Crippen molar-refractivity contribution in [2.75, 3.05) is 13.2 Å². The number of hydrogen-bond donors (Lipinski definition) is 2. The molecule has 6 heteroatoms. The summed E-state index contributed by atoms with van der Waals surface area (Å²) in [6, 6.07) is 11.5. The van der Waals surface area contributed by atoms with Gasteiger partial charge in [-0.2, -0.15) is 0 Å². The molecule has 1 aliphatic carbocycles. The first-order valence-electron chi connectivity index (χ1n) is 9.06. The Balaban J connectivity index is 1.71. The van der Waals surface area contributed by atoms with Crippen LogP contribution in [0, 0.1) is 12.3 Å². The lowest BCUT2D eigenvalue weighted by Gasteiger charge is -2.24. The molecule has 4 rings (SSSR count). The van der Waals surface area contributed by atoms with Gasteiger partial charge in [-0.05, 0) is 48.6 Å². The van der Waals surface area contributed by atoms with Crippen molar-refractivity contribution in [2.24, 2.45) is 11.1 Å². The normalized spacial score (nSPS) is 17.4. The van der Waals surface area contributed by atoms with Crippen LogP contribution in [0.25, 0.3) is 11.1 Å². The number of amides is 2. The first-order valence-corrected chi connectivity index (χ1v) is 9.06. The van der Waals surface area contributed by atoms with Crippen molar-refractivity contribution in [1.29, 1.82) is 0 Å². The standard InChI is InChI=1S/C21H22N2O4/c1-13-4-2-3-5-16(13)14-10-15-12-23(8-9-27-18(15)17(24)11-14)20(26)21(6-7-21)19(22)25/h2-5,10-11,24H,6-9,12H2,1H3,(H2,22,25). The highest BCUT2D eigenvalue weighted by molar-refractivity contribution is 6.07. The highest BCUT2D eigenvalue weighted by Crippen LogP contribution is 2.48. The molecule has 1 saturated carbocycles. The van der Waals surface area contributed by atoms with E-state index in [4.69, 9.17) is 10.5 Å². The lowest BCUT2D eigenvalue weighted by molar-refractivity contribution is -0.143. The number of aryl methyl sites for hydroxylation is 1. The summed E-state index contributed by atoms with van der Waals surface area (Å²) in [5, 5.41) is 10.5. The molecule has 0 unspecified atom stereocenters. The third-order valence-electron chi connectivity index (χ3n) is 5.49. The minimum absolute atomic E-state index is 0.0519. The van der Waals surface area contributed by atoms with Crippen LogP contribution in [0.15, 0.2) is 36.4 Å². The van der Waals surface area contributed by atoms with Crippen LogP contribution >= 0.6 is 0 Å². The molecular formula is C21H22N2O4. The van der Waals surface area contributed by atoms with Gasteiger partial charge in [-0.1, -0.05) is 24.3 Å². The van der Waals surface area contributed by atoms with Gasteiger partial charge in [0.1, 0.15) is 12.0 Å². The molecule has 0 atom stereocenters. The van der Waals surface area contributed by atoms with Crippen LogP contribution in [0.4, 0.5) is 0 Å². The monoisotopic (exact) mass is 366 g/mol. The predicted octanol–water partition coefficient (Wildman–Crippen LogP) is 2.35. The summed E-state index contributed by atoms with van der Waals surface area (Å²) in [5.41, 5.74) is 8.08. The summed E-state index contributed by atoms with van der Waals surface area (Å²) in [6.45, 7) is 2.89. The van der Waals surface area contributed by atoms with Crippen molar-refractivity contribution >= 4 is 11.8 Å². The molecule has 1 fully saturated rings. The van der Waals surface area contributed by atoms with Crippen LogP contribution in [-0.2, 0) is 16.1 Å². The van der Waals surface area contributed by atoms with E-state index in [1.54, 1.807) is 11.0 Å². The van der Waals surface area contributed by atoms with Crippen molar-refractivity contribution in [3.05, 3.63) is 47.5 Å². The van der Waals surface area contributed by atoms with Gasteiger partial charge < -0.3 is 20.5 Å². The number of ether oxygens (including phenoxy) is 1. The molecule has 2 amide bonds. The van der Waals surface area contributed by atoms with E-state index in [-0.39, 0.29) is 24.8 Å². The summed E-state index contributed by atoms with van der Waals surface area (Å²) in [6.07, 6.45) is 1.000. The van der Waals surface area contributed by atoms with Gasteiger partial charge in [-0.15, -0.1) is 0 Å². The van der Waals surface area contributed by atoms with Gasteiger partial charge in [0.25, 0.3) is 0 Å².